The quantitative estimate of drug-likeness (QED) is 0.312. The van der Waals surface area contributed by atoms with Crippen molar-refractivity contribution in [3.8, 4) is 11.1 Å². The Morgan fingerprint density at radius 3 is 2.32 bits per heavy atom. The summed E-state index contributed by atoms with van der Waals surface area (Å²) in [6, 6.07) is 10.1. The Labute approximate surface area is 195 Å². The normalized spacial score (nSPS) is 12.5. The summed E-state index contributed by atoms with van der Waals surface area (Å²) in [5, 5.41) is 23.0. The van der Waals surface area contributed by atoms with Gasteiger partial charge >= 0.3 is 0 Å². The minimum Gasteiger partial charge on any atom is -0.392 e. The van der Waals surface area contributed by atoms with Crippen LogP contribution in [0.4, 0.5) is 20.3 Å². The zero-order valence-corrected chi connectivity index (χ0v) is 18.9. The van der Waals surface area contributed by atoms with Crippen LogP contribution in [0.3, 0.4) is 0 Å². The molecule has 3 aromatic rings. The van der Waals surface area contributed by atoms with Crippen LogP contribution in [0.1, 0.15) is 34.3 Å². The van der Waals surface area contributed by atoms with Crippen LogP contribution in [-0.4, -0.2) is 35.3 Å². The Hall–Kier alpha value is -3.69. The monoisotopic (exact) mass is 468 g/mol. The molecule has 0 atom stereocenters. The van der Waals surface area contributed by atoms with Crippen LogP contribution in [0.25, 0.3) is 11.1 Å². The highest BCUT2D eigenvalue weighted by Crippen LogP contribution is 2.28. The number of anilines is 2. The molecule has 1 heterocycles. The van der Waals surface area contributed by atoms with E-state index < -0.39 is 22.9 Å². The van der Waals surface area contributed by atoms with E-state index in [9.17, 15) is 23.5 Å². The number of carbonyl (C=O) groups is 1. The molecule has 1 aliphatic carbocycles. The Morgan fingerprint density at radius 1 is 1.15 bits per heavy atom. The third-order valence-corrected chi connectivity index (χ3v) is 5.52. The van der Waals surface area contributed by atoms with Crippen LogP contribution in [0.2, 0.25) is 0 Å². The fraction of sp³-hybridized carbons (Fsp3) is 0.240. The predicted octanol–water partition coefficient (Wildman–Crippen LogP) is 3.74. The lowest BCUT2D eigenvalue weighted by atomic mass is 9.97. The molecule has 1 fully saturated rings. The van der Waals surface area contributed by atoms with Gasteiger partial charge in [0.05, 0.1) is 6.61 Å². The first kappa shape index (κ1) is 24.9. The number of para-hydroxylation sites is 1. The molecule has 0 aliphatic heterocycles. The standard InChI is InChI=1S/C21H17F2N3O3.C4H9N/c1-26-20(25-19-17(22)3-2-4-18(19)23)14(9-24)8-16(21(26)29)15-7-12(10-27)5-6-13(15)11-28;1-5-4-2-3-4/h2-10,24-25,28H,11H2,1H3;4-5H,2-3H2,1H3. The largest absolute Gasteiger partial charge is 0.392 e. The first-order chi connectivity index (χ1) is 16.3. The molecule has 4 N–H and O–H groups in total. The van der Waals surface area contributed by atoms with E-state index in [1.165, 1.54) is 50.2 Å². The van der Waals surface area contributed by atoms with Crippen LogP contribution in [0, 0.1) is 17.0 Å². The number of aliphatic hydroxyl groups is 1. The van der Waals surface area contributed by atoms with Crippen molar-refractivity contribution in [1.82, 2.24) is 9.88 Å². The van der Waals surface area contributed by atoms with E-state index in [-0.39, 0.29) is 23.6 Å². The number of rotatable bonds is 7. The van der Waals surface area contributed by atoms with Crippen molar-refractivity contribution in [1.29, 1.82) is 5.41 Å². The van der Waals surface area contributed by atoms with Crippen LogP contribution in [0.15, 0.2) is 47.3 Å². The lowest BCUT2D eigenvalue weighted by Crippen LogP contribution is -2.23. The molecule has 0 amide bonds. The maximum atomic E-state index is 14.0. The third-order valence-electron chi connectivity index (χ3n) is 5.52. The summed E-state index contributed by atoms with van der Waals surface area (Å²) >= 11 is 0. The molecule has 0 bridgehead atoms. The van der Waals surface area contributed by atoms with E-state index >= 15 is 0 Å². The molecule has 2 aromatic carbocycles. The van der Waals surface area contributed by atoms with Gasteiger partial charge in [-0.05, 0) is 55.3 Å². The second kappa shape index (κ2) is 11.0. The summed E-state index contributed by atoms with van der Waals surface area (Å²) in [5.74, 6) is -1.67. The molecule has 0 radical (unpaired) electrons. The van der Waals surface area contributed by atoms with Crippen molar-refractivity contribution in [3.63, 3.8) is 0 Å². The van der Waals surface area contributed by atoms with Crippen LogP contribution < -0.4 is 16.2 Å². The van der Waals surface area contributed by atoms with Gasteiger partial charge in [-0.15, -0.1) is 0 Å². The van der Waals surface area contributed by atoms with E-state index in [4.69, 9.17) is 5.41 Å². The van der Waals surface area contributed by atoms with Gasteiger partial charge in [0.25, 0.3) is 5.56 Å². The number of benzene rings is 2. The summed E-state index contributed by atoms with van der Waals surface area (Å²) in [6.07, 6.45) is 4.35. The highest BCUT2D eigenvalue weighted by atomic mass is 19.1. The minimum atomic E-state index is -0.848. The topological polar surface area (TPSA) is 107 Å². The molecule has 1 aliphatic rings. The van der Waals surface area contributed by atoms with Gasteiger partial charge in [-0.25, -0.2) is 8.78 Å². The second-order valence-corrected chi connectivity index (χ2v) is 7.85. The lowest BCUT2D eigenvalue weighted by Gasteiger charge is -2.17. The zero-order valence-electron chi connectivity index (χ0n) is 18.9. The summed E-state index contributed by atoms with van der Waals surface area (Å²) in [7, 11) is 3.40. The van der Waals surface area contributed by atoms with E-state index in [1.54, 1.807) is 0 Å². The molecular formula is C25H26F2N4O3. The fourth-order valence-corrected chi connectivity index (χ4v) is 3.38. The zero-order chi connectivity index (χ0) is 24.8. The van der Waals surface area contributed by atoms with Crippen molar-refractivity contribution in [2.45, 2.75) is 25.5 Å². The molecule has 0 saturated heterocycles. The summed E-state index contributed by atoms with van der Waals surface area (Å²) in [6.45, 7) is -0.363. The number of aromatic nitrogens is 1. The molecule has 178 valence electrons. The number of nitrogens with zero attached hydrogens (tertiary/aromatic N) is 1. The number of aliphatic hydroxyl groups excluding tert-OH is 1. The second-order valence-electron chi connectivity index (χ2n) is 7.85. The minimum absolute atomic E-state index is 0.0230. The van der Waals surface area contributed by atoms with Gasteiger partial charge in [0, 0.05) is 36.0 Å². The van der Waals surface area contributed by atoms with E-state index in [0.717, 1.165) is 29.0 Å². The number of carbonyl (C=O) groups excluding carboxylic acids is 1. The Kier molecular flexibility index (Phi) is 8.04. The average molecular weight is 469 g/mol. The Morgan fingerprint density at radius 2 is 1.82 bits per heavy atom. The molecule has 1 saturated carbocycles. The van der Waals surface area contributed by atoms with Gasteiger partial charge < -0.3 is 21.1 Å². The van der Waals surface area contributed by atoms with Crippen molar-refractivity contribution in [2.24, 2.45) is 7.05 Å². The van der Waals surface area contributed by atoms with Gasteiger partial charge in [0.15, 0.2) is 0 Å². The molecular weight excluding hydrogens is 442 g/mol. The molecule has 4 rings (SSSR count). The number of aldehydes is 1. The Bertz CT molecular complexity index is 1250. The first-order valence-electron chi connectivity index (χ1n) is 10.7. The number of nitrogens with one attached hydrogen (secondary N) is 3. The maximum Gasteiger partial charge on any atom is 0.259 e. The summed E-state index contributed by atoms with van der Waals surface area (Å²) in [4.78, 5) is 24.1. The summed E-state index contributed by atoms with van der Waals surface area (Å²) in [5.41, 5.74) is 0.411. The molecule has 9 heteroatoms. The first-order valence-corrected chi connectivity index (χ1v) is 10.7. The number of pyridine rings is 1. The van der Waals surface area contributed by atoms with Crippen LogP contribution >= 0.6 is 0 Å². The van der Waals surface area contributed by atoms with Crippen molar-refractivity contribution >= 4 is 24.0 Å². The smallest absolute Gasteiger partial charge is 0.259 e. The SMILES string of the molecule is CNC1CC1.Cn1c(Nc2c(F)cccc2F)c(C=N)cc(-c2cc(C=O)ccc2CO)c1=O. The highest BCUT2D eigenvalue weighted by molar-refractivity contribution is 5.89. The molecule has 34 heavy (non-hydrogen) atoms. The summed E-state index contributed by atoms with van der Waals surface area (Å²) < 4.78 is 29.2. The van der Waals surface area contributed by atoms with Gasteiger partial charge in [-0.1, -0.05) is 18.2 Å². The van der Waals surface area contributed by atoms with Crippen molar-refractivity contribution in [3.05, 3.63) is 81.1 Å². The van der Waals surface area contributed by atoms with Gasteiger partial charge in [-0.3, -0.25) is 14.2 Å². The van der Waals surface area contributed by atoms with Crippen molar-refractivity contribution < 1.29 is 18.7 Å². The van der Waals surface area contributed by atoms with Crippen LogP contribution in [0.5, 0.6) is 0 Å². The van der Waals surface area contributed by atoms with Gasteiger partial charge in [0.2, 0.25) is 0 Å². The third kappa shape index (κ3) is 5.44. The number of halogens is 2. The predicted molar refractivity (Wildman–Crippen MR) is 128 cm³/mol. The Balaban J connectivity index is 0.000000574. The molecule has 1 aromatic heterocycles. The molecule has 0 unspecified atom stereocenters. The van der Waals surface area contributed by atoms with E-state index in [1.807, 2.05) is 7.05 Å². The molecule has 7 nitrogen and oxygen atoms in total. The van der Waals surface area contributed by atoms with Gasteiger partial charge in [-0.2, -0.15) is 0 Å². The van der Waals surface area contributed by atoms with Crippen LogP contribution in [-0.2, 0) is 13.7 Å². The average Bonchev–Trinajstić information content (AvgIpc) is 3.69. The number of hydrogen-bond donors (Lipinski definition) is 4. The number of hydrogen-bond acceptors (Lipinski definition) is 6. The highest BCUT2D eigenvalue weighted by Gasteiger charge is 2.18. The molecule has 0 spiro atoms. The van der Waals surface area contributed by atoms with Gasteiger partial charge in [0.1, 0.15) is 29.4 Å². The lowest BCUT2D eigenvalue weighted by molar-refractivity contribution is 0.112. The fourth-order valence-electron chi connectivity index (χ4n) is 3.38. The van der Waals surface area contributed by atoms with E-state index in [2.05, 4.69) is 10.6 Å². The van der Waals surface area contributed by atoms with Crippen molar-refractivity contribution in [2.75, 3.05) is 12.4 Å². The maximum absolute atomic E-state index is 14.0. The van der Waals surface area contributed by atoms with E-state index in [0.29, 0.717) is 23.0 Å².